The number of nitrogens with one attached hydrogen (secondary N) is 1. The van der Waals surface area contributed by atoms with Crippen molar-refractivity contribution in [3.05, 3.63) is 16.7 Å². The number of anilines is 1. The van der Waals surface area contributed by atoms with Crippen LogP contribution in [0.3, 0.4) is 0 Å². The van der Waals surface area contributed by atoms with E-state index in [-0.39, 0.29) is 17.1 Å². The molecule has 0 unspecified atom stereocenters. The first-order chi connectivity index (χ1) is 27.2. The fourth-order valence-corrected chi connectivity index (χ4v) is 2.09. The number of nitrogen functional groups attached to an aromatic ring is 1. The molecule has 17 nitrogen and oxygen atoms in total. The molecule has 2 atom stereocenters. The van der Waals surface area contributed by atoms with Crippen molar-refractivity contribution in [2.75, 3.05) is 18.9 Å². The van der Waals surface area contributed by atoms with E-state index in [1.807, 2.05) is 0 Å². The molecule has 23 heteroatoms. The predicted molar refractivity (Wildman–Crippen MR) is 142 cm³/mol. The van der Waals surface area contributed by atoms with Crippen LogP contribution in [0.1, 0.15) is 49.3 Å². The number of esters is 2. The summed E-state index contributed by atoms with van der Waals surface area (Å²) in [6.07, 6.45) is -10.9. The minimum atomic E-state index is -5.08. The lowest BCUT2D eigenvalue weighted by Crippen LogP contribution is -2.41. The van der Waals surface area contributed by atoms with Crippen LogP contribution in [-0.2, 0) is 40.1 Å². The maximum absolute atomic E-state index is 12.8. The molecule has 0 bridgehead atoms. The van der Waals surface area contributed by atoms with Crippen molar-refractivity contribution >= 4 is 41.0 Å². The number of halogens is 6. The Morgan fingerprint density at radius 2 is 1.37 bits per heavy atom. The zero-order valence-corrected chi connectivity index (χ0v) is 22.3. The number of carboxylic acid groups (broad SMARTS) is 2. The van der Waals surface area contributed by atoms with E-state index in [9.17, 15) is 40.7 Å². The van der Waals surface area contributed by atoms with E-state index >= 15 is 0 Å². The van der Waals surface area contributed by atoms with Gasteiger partial charge in [-0.05, 0) is 11.8 Å². The highest BCUT2D eigenvalue weighted by atomic mass is 19.4. The van der Waals surface area contributed by atoms with Gasteiger partial charge in [-0.1, -0.05) is 27.4 Å². The lowest BCUT2D eigenvalue weighted by Gasteiger charge is -2.22. The number of carboxylic acids is 2. The summed E-state index contributed by atoms with van der Waals surface area (Å²) in [5, 5.41) is 14.2. The molecule has 0 aliphatic carbocycles. The third-order valence-electron chi connectivity index (χ3n) is 4.21. The first-order valence-electron chi connectivity index (χ1n) is 19.0. The number of imidazole rings is 1. The second-order valence-electron chi connectivity index (χ2n) is 7.64. The third kappa shape index (κ3) is 14.5. The minimum absolute atomic E-state index is 0.160. The summed E-state index contributed by atoms with van der Waals surface area (Å²) in [6, 6.07) is -7.60. The average molecular weight is 698 g/mol. The molecule has 0 saturated heterocycles. The summed E-state index contributed by atoms with van der Waals surface area (Å²) in [5.41, 5.74) is 15.3. The molecule has 0 spiro atoms. The van der Waals surface area contributed by atoms with Gasteiger partial charge < -0.3 is 41.6 Å². The largest absolute Gasteiger partial charge is 0.490 e. The molecule has 2 heterocycles. The van der Waals surface area contributed by atoms with Crippen molar-refractivity contribution in [1.29, 1.82) is 0 Å². The van der Waals surface area contributed by atoms with Crippen molar-refractivity contribution in [1.82, 2.24) is 19.5 Å². The van der Waals surface area contributed by atoms with Gasteiger partial charge in [0.15, 0.2) is 11.2 Å². The highest BCUT2D eigenvalue weighted by Crippen LogP contribution is 2.14. The van der Waals surface area contributed by atoms with Gasteiger partial charge in [0.25, 0.3) is 5.56 Å². The number of alkyl halides is 6. The number of aliphatic carboxylic acids is 2. The van der Waals surface area contributed by atoms with Gasteiger partial charge in [0, 0.05) is 19.2 Å². The number of hydrogen-bond acceptors (Lipinski definition) is 13. The number of ether oxygens (including phenoxy) is 3. The van der Waals surface area contributed by atoms with E-state index in [0.29, 0.717) is 0 Å². The lowest BCUT2D eigenvalue weighted by molar-refractivity contribution is -0.193. The maximum Gasteiger partial charge on any atom is 0.490 e. The van der Waals surface area contributed by atoms with Gasteiger partial charge in [0.05, 0.1) is 9.07 Å². The SMILES string of the molecule is O=C(O)C(F)(F)F.O=C(O)C(F)(F)F.[2H]C([2H])([2H])C([2H])(C([2H])([2H])[2H])[C@]([2H])(N)C(=O)OCC(COC(=O)[C@@]([2H])(N)C([2H])(C([2H])([2H])[2H])C([2H])([2H])[2H])OCn1cnc2c(=O)[nH]c(N)nc21. The van der Waals surface area contributed by atoms with Crippen LogP contribution >= 0.6 is 0 Å². The number of H-pyrrole nitrogens is 1. The molecule has 46 heavy (non-hydrogen) atoms. The quantitative estimate of drug-likeness (QED) is 0.137. The smallest absolute Gasteiger partial charge is 0.475 e. The molecule has 2 aromatic heterocycles. The van der Waals surface area contributed by atoms with Crippen LogP contribution in [0.5, 0.6) is 0 Å². The van der Waals surface area contributed by atoms with Crippen LogP contribution in [0.25, 0.3) is 11.2 Å². The molecule has 2 rings (SSSR count). The predicted octanol–water partition coefficient (Wildman–Crippen LogP) is 0.364. The van der Waals surface area contributed by atoms with E-state index in [1.54, 1.807) is 0 Å². The Bertz CT molecular complexity index is 1870. The van der Waals surface area contributed by atoms with E-state index in [2.05, 4.69) is 15.0 Å². The Morgan fingerprint density at radius 1 is 0.957 bits per heavy atom. The van der Waals surface area contributed by atoms with Gasteiger partial charge >= 0.3 is 36.2 Å². The Morgan fingerprint density at radius 3 is 1.74 bits per heavy atom. The van der Waals surface area contributed by atoms with Crippen molar-refractivity contribution in [3.8, 4) is 0 Å². The molecular formula is C23H33F6N7O10. The summed E-state index contributed by atoms with van der Waals surface area (Å²) in [4.78, 5) is 65.4. The number of carbonyl (C=O) groups is 4. The van der Waals surface area contributed by atoms with E-state index in [1.165, 1.54) is 0 Å². The third-order valence-corrected chi connectivity index (χ3v) is 4.21. The molecular weight excluding hydrogens is 648 g/mol. The number of nitrogens with two attached hydrogens (primary N) is 3. The van der Waals surface area contributed by atoms with E-state index in [0.717, 1.165) is 10.9 Å². The van der Waals surface area contributed by atoms with Gasteiger partial charge in [0.2, 0.25) is 5.95 Å². The van der Waals surface area contributed by atoms with Crippen LogP contribution in [-0.4, -0.2) is 97.3 Å². The van der Waals surface area contributed by atoms with Gasteiger partial charge in [-0.2, -0.15) is 31.3 Å². The zero-order valence-electron chi connectivity index (χ0n) is 38.3. The molecule has 0 amide bonds. The van der Waals surface area contributed by atoms with Gasteiger partial charge in [-0.25, -0.2) is 14.6 Å². The average Bonchev–Trinajstić information content (AvgIpc) is 3.47. The van der Waals surface area contributed by atoms with Gasteiger partial charge in [-0.3, -0.25) is 23.9 Å². The van der Waals surface area contributed by atoms with Crippen LogP contribution in [0, 0.1) is 11.8 Å². The number of carbonyl (C=O) groups excluding carboxylic acids is 2. The van der Waals surface area contributed by atoms with Gasteiger partial charge in [0.1, 0.15) is 38.1 Å². The van der Waals surface area contributed by atoms with Crippen LogP contribution in [0.15, 0.2) is 11.1 Å². The summed E-state index contributed by atoms with van der Waals surface area (Å²) in [7, 11) is 0. The normalized spacial score (nSPS) is 21.0. The van der Waals surface area contributed by atoms with Crippen molar-refractivity contribution in [3.63, 3.8) is 0 Å². The number of hydrogen-bond donors (Lipinski definition) is 6. The van der Waals surface area contributed by atoms with Crippen molar-refractivity contribution < 1.29 is 91.9 Å². The van der Waals surface area contributed by atoms with E-state index in [4.69, 9.17) is 73.1 Å². The fourth-order valence-electron chi connectivity index (χ4n) is 2.09. The van der Waals surface area contributed by atoms with Crippen LogP contribution in [0.2, 0.25) is 0 Å². The second kappa shape index (κ2) is 17.8. The maximum atomic E-state index is 12.8. The van der Waals surface area contributed by atoms with Crippen LogP contribution in [0.4, 0.5) is 32.3 Å². The van der Waals surface area contributed by atoms with Gasteiger partial charge in [-0.15, -0.1) is 0 Å². The molecule has 262 valence electrons. The fraction of sp³-hybridized carbons (Fsp3) is 0.609. The minimum Gasteiger partial charge on any atom is -0.475 e. The Hall–Kier alpha value is -4.51. The van der Waals surface area contributed by atoms with Crippen molar-refractivity contribution in [2.24, 2.45) is 23.3 Å². The van der Waals surface area contributed by atoms with E-state index < -0.39 is 119 Å². The first kappa shape index (κ1) is 21.3. The number of fused-ring (bicyclic) bond motifs is 1. The molecule has 0 aliphatic rings. The zero-order chi connectivity index (χ0) is 49.8. The molecule has 9 N–H and O–H groups in total. The Balaban J connectivity index is 0.00000227. The topological polar surface area (TPSA) is 278 Å². The molecule has 0 radical (unpaired) electrons. The molecule has 0 saturated carbocycles. The number of aromatic amines is 1. The molecule has 0 aromatic carbocycles. The first-order valence-corrected chi connectivity index (χ1v) is 11.0. The Kier molecular flexibility index (Phi) is 8.27. The highest BCUT2D eigenvalue weighted by molar-refractivity contribution is 5.76. The standard InChI is InChI=1S/C19H31N7O6.2C2HF3O2/c1-9(2)12(20)17(28)30-5-11(6-31-18(29)13(21)10(3)4)32-8-26-7-23-14-15(26)24-19(22)25-16(14)27;2*3-2(4,5)1(6)7/h7,9-13H,5-6,8,20-21H2,1-4H3,(H3,22,24,25,27);2*(H,6,7)/t12-,13-;;/m0../s1/i1D3,2D3,3D3,4D3,9D,10D,12D,13D;;. The monoisotopic (exact) mass is 697 g/mol. The summed E-state index contributed by atoms with van der Waals surface area (Å²) in [6.45, 7) is -18.5. The lowest BCUT2D eigenvalue weighted by atomic mass is 10.1. The number of rotatable bonds is 11. The molecule has 0 fully saturated rings. The second-order valence-corrected chi connectivity index (χ2v) is 7.64. The highest BCUT2D eigenvalue weighted by Gasteiger charge is 2.39. The van der Waals surface area contributed by atoms with Crippen molar-refractivity contribution in [2.45, 2.75) is 64.6 Å². The number of aromatic nitrogens is 4. The van der Waals surface area contributed by atoms with Crippen LogP contribution < -0.4 is 22.8 Å². The molecule has 2 aromatic rings. The summed E-state index contributed by atoms with van der Waals surface area (Å²) < 4.78 is 202. The summed E-state index contributed by atoms with van der Waals surface area (Å²) in [5.74, 6) is -17.9. The Labute approximate surface area is 277 Å². The molecule has 0 aliphatic heterocycles. The summed E-state index contributed by atoms with van der Waals surface area (Å²) >= 11 is 0. The number of nitrogens with zero attached hydrogens (tertiary/aromatic N) is 3.